The Kier molecular flexibility index (Phi) is 6.98. The van der Waals surface area contributed by atoms with Crippen LogP contribution in [0.5, 0.6) is 11.5 Å². The number of nitrogens with one attached hydrogen (secondary N) is 1. The first kappa shape index (κ1) is 21.6. The topological polar surface area (TPSA) is 108 Å². The fourth-order valence-electron chi connectivity index (χ4n) is 2.34. The fraction of sp³-hybridized carbons (Fsp3) is 0.316. The predicted molar refractivity (Wildman–Crippen MR) is 104 cm³/mol. The van der Waals surface area contributed by atoms with Crippen molar-refractivity contribution < 1.29 is 27.1 Å². The molecule has 2 aromatic carbocycles. The van der Waals surface area contributed by atoms with E-state index in [0.29, 0.717) is 24.0 Å². The summed E-state index contributed by atoms with van der Waals surface area (Å²) in [6, 6.07) is 7.47. The number of halogens is 1. The van der Waals surface area contributed by atoms with Crippen molar-refractivity contribution >= 4 is 21.6 Å². The zero-order valence-corrected chi connectivity index (χ0v) is 16.7. The predicted octanol–water partition coefficient (Wildman–Crippen LogP) is 3.16. The Morgan fingerprint density at radius 3 is 2.50 bits per heavy atom. The number of sulfonamides is 1. The monoisotopic (exact) mass is 410 g/mol. The first-order valence-electron chi connectivity index (χ1n) is 8.55. The van der Waals surface area contributed by atoms with Gasteiger partial charge >= 0.3 is 0 Å². The number of carbonyl (C=O) groups is 1. The van der Waals surface area contributed by atoms with Crippen LogP contribution in [-0.2, 0) is 10.0 Å². The Labute approximate surface area is 163 Å². The van der Waals surface area contributed by atoms with Gasteiger partial charge < -0.3 is 14.8 Å². The van der Waals surface area contributed by atoms with E-state index in [1.54, 1.807) is 6.07 Å². The first-order valence-corrected chi connectivity index (χ1v) is 10.1. The van der Waals surface area contributed by atoms with Crippen LogP contribution in [0.3, 0.4) is 0 Å². The minimum Gasteiger partial charge on any atom is -0.493 e. The Morgan fingerprint density at radius 2 is 1.89 bits per heavy atom. The molecule has 0 fully saturated rings. The van der Waals surface area contributed by atoms with Crippen LogP contribution >= 0.6 is 0 Å². The quantitative estimate of drug-likeness (QED) is 0.695. The molecule has 28 heavy (non-hydrogen) atoms. The normalized spacial score (nSPS) is 11.4. The van der Waals surface area contributed by atoms with Gasteiger partial charge in [0.25, 0.3) is 5.91 Å². The third kappa shape index (κ3) is 5.93. The summed E-state index contributed by atoms with van der Waals surface area (Å²) in [5.74, 6) is -0.0429. The van der Waals surface area contributed by atoms with Crippen molar-refractivity contribution in [1.29, 1.82) is 0 Å². The molecule has 2 rings (SSSR count). The van der Waals surface area contributed by atoms with Gasteiger partial charge in [-0.25, -0.2) is 17.9 Å². The molecule has 0 heterocycles. The third-order valence-electron chi connectivity index (χ3n) is 3.84. The number of anilines is 1. The molecule has 0 atom stereocenters. The standard InChI is InChI=1S/C19H23FN2O5S/c1-12(2)6-7-27-17-5-4-13(8-18(17)26-3)19(23)22-15-9-14(20)10-16(11-15)28(21,24)25/h4-5,8-12H,6-7H2,1-3H3,(H,22,23)(H2,21,24,25). The molecule has 0 aliphatic rings. The zero-order valence-electron chi connectivity index (χ0n) is 15.9. The van der Waals surface area contributed by atoms with Gasteiger partial charge in [-0.2, -0.15) is 0 Å². The number of hydrogen-bond acceptors (Lipinski definition) is 5. The summed E-state index contributed by atoms with van der Waals surface area (Å²) in [6.07, 6.45) is 0.872. The van der Waals surface area contributed by atoms with Crippen molar-refractivity contribution in [2.24, 2.45) is 11.1 Å². The molecule has 7 nitrogen and oxygen atoms in total. The van der Waals surface area contributed by atoms with Crippen LogP contribution in [0.2, 0.25) is 0 Å². The van der Waals surface area contributed by atoms with Gasteiger partial charge in [0, 0.05) is 11.3 Å². The summed E-state index contributed by atoms with van der Waals surface area (Å²) in [6.45, 7) is 4.68. The number of amides is 1. The SMILES string of the molecule is COc1cc(C(=O)Nc2cc(F)cc(S(N)(=O)=O)c2)ccc1OCCC(C)C. The smallest absolute Gasteiger partial charge is 0.255 e. The molecule has 0 bridgehead atoms. The number of primary sulfonamides is 1. The third-order valence-corrected chi connectivity index (χ3v) is 4.73. The second-order valence-corrected chi connectivity index (χ2v) is 8.13. The van der Waals surface area contributed by atoms with Crippen LogP contribution in [0.25, 0.3) is 0 Å². The van der Waals surface area contributed by atoms with Crippen LogP contribution < -0.4 is 19.9 Å². The van der Waals surface area contributed by atoms with Crippen LogP contribution in [0.1, 0.15) is 30.6 Å². The maximum Gasteiger partial charge on any atom is 0.255 e. The van der Waals surface area contributed by atoms with Crippen molar-refractivity contribution in [3.05, 3.63) is 47.8 Å². The zero-order chi connectivity index (χ0) is 20.9. The molecule has 0 aromatic heterocycles. The lowest BCUT2D eigenvalue weighted by molar-refractivity contribution is 0.102. The van der Waals surface area contributed by atoms with E-state index in [-0.39, 0.29) is 11.3 Å². The number of nitrogens with two attached hydrogens (primary N) is 1. The van der Waals surface area contributed by atoms with E-state index in [1.165, 1.54) is 19.2 Å². The highest BCUT2D eigenvalue weighted by Gasteiger charge is 2.15. The molecule has 1 amide bonds. The summed E-state index contributed by atoms with van der Waals surface area (Å²) in [4.78, 5) is 12.0. The largest absolute Gasteiger partial charge is 0.493 e. The average Bonchev–Trinajstić information content (AvgIpc) is 2.60. The van der Waals surface area contributed by atoms with Crippen molar-refractivity contribution in [3.63, 3.8) is 0 Å². The van der Waals surface area contributed by atoms with E-state index in [2.05, 4.69) is 19.2 Å². The van der Waals surface area contributed by atoms with Gasteiger partial charge in [0.05, 0.1) is 18.6 Å². The Hall–Kier alpha value is -2.65. The molecule has 2 aromatic rings. The summed E-state index contributed by atoms with van der Waals surface area (Å²) in [7, 11) is -2.65. The highest BCUT2D eigenvalue weighted by Crippen LogP contribution is 2.29. The van der Waals surface area contributed by atoms with E-state index in [0.717, 1.165) is 24.6 Å². The number of carbonyl (C=O) groups excluding carboxylic acids is 1. The van der Waals surface area contributed by atoms with E-state index < -0.39 is 26.6 Å². The molecule has 3 N–H and O–H groups in total. The van der Waals surface area contributed by atoms with Gasteiger partial charge in [-0.15, -0.1) is 0 Å². The van der Waals surface area contributed by atoms with Gasteiger partial charge in [0.1, 0.15) is 5.82 Å². The summed E-state index contributed by atoms with van der Waals surface area (Å²) in [5, 5.41) is 7.46. The van der Waals surface area contributed by atoms with Crippen molar-refractivity contribution in [3.8, 4) is 11.5 Å². The van der Waals surface area contributed by atoms with Gasteiger partial charge in [-0.3, -0.25) is 4.79 Å². The van der Waals surface area contributed by atoms with Crippen molar-refractivity contribution in [2.75, 3.05) is 19.0 Å². The highest BCUT2D eigenvalue weighted by molar-refractivity contribution is 7.89. The number of benzene rings is 2. The lowest BCUT2D eigenvalue weighted by Gasteiger charge is -2.13. The Balaban J connectivity index is 2.19. The second-order valence-electron chi connectivity index (χ2n) is 6.57. The average molecular weight is 410 g/mol. The van der Waals surface area contributed by atoms with Gasteiger partial charge in [-0.1, -0.05) is 13.8 Å². The number of methoxy groups -OCH3 is 1. The van der Waals surface area contributed by atoms with Crippen LogP contribution in [0.15, 0.2) is 41.3 Å². The molecule has 0 radical (unpaired) electrons. The van der Waals surface area contributed by atoms with E-state index in [9.17, 15) is 17.6 Å². The number of ether oxygens (including phenoxy) is 2. The lowest BCUT2D eigenvalue weighted by atomic mass is 10.1. The molecule has 0 saturated heterocycles. The summed E-state index contributed by atoms with van der Waals surface area (Å²) < 4.78 is 47.4. The Bertz CT molecular complexity index is 961. The summed E-state index contributed by atoms with van der Waals surface area (Å²) in [5.41, 5.74) is 0.194. The minimum atomic E-state index is -4.11. The molecule has 0 spiro atoms. The van der Waals surface area contributed by atoms with Gasteiger partial charge in [-0.05, 0) is 48.7 Å². The van der Waals surface area contributed by atoms with Gasteiger partial charge in [0.15, 0.2) is 11.5 Å². The van der Waals surface area contributed by atoms with E-state index in [4.69, 9.17) is 14.6 Å². The maximum absolute atomic E-state index is 13.6. The minimum absolute atomic E-state index is 0.0368. The molecule has 0 unspecified atom stereocenters. The summed E-state index contributed by atoms with van der Waals surface area (Å²) >= 11 is 0. The van der Waals surface area contributed by atoms with Crippen LogP contribution in [0.4, 0.5) is 10.1 Å². The number of rotatable bonds is 8. The van der Waals surface area contributed by atoms with E-state index in [1.807, 2.05) is 0 Å². The lowest BCUT2D eigenvalue weighted by Crippen LogP contribution is -2.15. The highest BCUT2D eigenvalue weighted by atomic mass is 32.2. The Morgan fingerprint density at radius 1 is 1.18 bits per heavy atom. The maximum atomic E-state index is 13.6. The molecular weight excluding hydrogens is 387 g/mol. The first-order chi connectivity index (χ1) is 13.1. The van der Waals surface area contributed by atoms with Gasteiger partial charge in [0.2, 0.25) is 10.0 Å². The molecule has 9 heteroatoms. The number of hydrogen-bond donors (Lipinski definition) is 2. The molecular formula is C19H23FN2O5S. The van der Waals surface area contributed by atoms with Crippen LogP contribution in [-0.4, -0.2) is 28.0 Å². The molecule has 152 valence electrons. The van der Waals surface area contributed by atoms with E-state index >= 15 is 0 Å². The molecule has 0 aliphatic carbocycles. The van der Waals surface area contributed by atoms with Crippen molar-refractivity contribution in [1.82, 2.24) is 0 Å². The second kappa shape index (κ2) is 9.03. The van der Waals surface area contributed by atoms with Crippen molar-refractivity contribution in [2.45, 2.75) is 25.2 Å². The molecule has 0 aliphatic heterocycles. The molecule has 0 saturated carbocycles. The van der Waals surface area contributed by atoms with Crippen LogP contribution in [0, 0.1) is 11.7 Å². The fourth-order valence-corrected chi connectivity index (χ4v) is 2.90.